The third kappa shape index (κ3) is 5.15. The molecule has 182 valence electrons. The van der Waals surface area contributed by atoms with Gasteiger partial charge in [-0.1, -0.05) is 55.8 Å². The van der Waals surface area contributed by atoms with Gasteiger partial charge in [0.25, 0.3) is 0 Å². The molecule has 35 heavy (non-hydrogen) atoms. The molecule has 2 N–H and O–H groups in total. The van der Waals surface area contributed by atoms with Gasteiger partial charge in [-0.15, -0.1) is 0 Å². The van der Waals surface area contributed by atoms with E-state index >= 15 is 0 Å². The van der Waals surface area contributed by atoms with Crippen molar-refractivity contribution in [2.75, 3.05) is 30.3 Å². The first kappa shape index (κ1) is 23.3. The maximum Gasteiger partial charge on any atom is 0.320 e. The van der Waals surface area contributed by atoms with Crippen LogP contribution < -0.4 is 15.4 Å². The van der Waals surface area contributed by atoms with E-state index in [0.717, 1.165) is 30.5 Å². The van der Waals surface area contributed by atoms with Gasteiger partial charge >= 0.3 is 6.01 Å². The predicted octanol–water partition coefficient (Wildman–Crippen LogP) is 4.59. The lowest BCUT2D eigenvalue weighted by molar-refractivity contribution is -0.117. The summed E-state index contributed by atoms with van der Waals surface area (Å²) >= 11 is 0. The van der Waals surface area contributed by atoms with Gasteiger partial charge in [0.2, 0.25) is 5.91 Å². The highest BCUT2D eigenvalue weighted by atomic mass is 16.5. The Morgan fingerprint density at radius 1 is 1.03 bits per heavy atom. The molecule has 0 spiro atoms. The lowest BCUT2D eigenvalue weighted by Crippen LogP contribution is -2.26. The van der Waals surface area contributed by atoms with Crippen LogP contribution in [0.3, 0.4) is 0 Å². The monoisotopic (exact) mass is 471 g/mol. The second kappa shape index (κ2) is 10.4. The van der Waals surface area contributed by atoms with Crippen molar-refractivity contribution in [3.05, 3.63) is 65.2 Å². The highest BCUT2D eigenvalue weighted by Gasteiger charge is 2.32. The Labute approximate surface area is 206 Å². The fourth-order valence-corrected chi connectivity index (χ4v) is 4.90. The molecule has 0 atom stereocenters. The second-order valence-electron chi connectivity index (χ2n) is 9.39. The molecule has 3 heterocycles. The van der Waals surface area contributed by atoms with E-state index in [1.807, 2.05) is 0 Å². The molecule has 1 saturated heterocycles. The van der Waals surface area contributed by atoms with Crippen molar-refractivity contribution in [2.24, 2.45) is 0 Å². The molecule has 1 fully saturated rings. The van der Waals surface area contributed by atoms with Crippen molar-refractivity contribution in [1.82, 2.24) is 14.9 Å². The van der Waals surface area contributed by atoms with Gasteiger partial charge in [-0.2, -0.15) is 9.97 Å². The predicted molar refractivity (Wildman–Crippen MR) is 138 cm³/mol. The van der Waals surface area contributed by atoms with Crippen molar-refractivity contribution in [1.29, 1.82) is 0 Å². The molecule has 7 nitrogen and oxygen atoms in total. The quantitative estimate of drug-likeness (QED) is 0.460. The highest BCUT2D eigenvalue weighted by Crippen LogP contribution is 2.34. The number of unbranched alkanes of at least 4 members (excludes halogenated alkanes) is 1. The van der Waals surface area contributed by atoms with Crippen LogP contribution in [0, 0.1) is 0 Å². The van der Waals surface area contributed by atoms with E-state index in [-0.39, 0.29) is 18.3 Å². The number of carbonyl (C=O) groups is 1. The summed E-state index contributed by atoms with van der Waals surface area (Å²) in [6.07, 6.45) is 4.71. The number of nitrogen functional groups attached to an aromatic ring is 1. The molecule has 2 aromatic carbocycles. The van der Waals surface area contributed by atoms with Crippen LogP contribution in [-0.4, -0.2) is 40.5 Å². The molecule has 3 aromatic rings. The Kier molecular flexibility index (Phi) is 6.95. The van der Waals surface area contributed by atoms with Gasteiger partial charge in [0.05, 0.1) is 19.6 Å². The first-order chi connectivity index (χ1) is 17.1. The number of aromatic nitrogens is 2. The maximum atomic E-state index is 12.9. The van der Waals surface area contributed by atoms with Gasteiger partial charge in [-0.05, 0) is 60.7 Å². The number of fused-ring (bicyclic) bond motifs is 1. The van der Waals surface area contributed by atoms with Crippen molar-refractivity contribution < 1.29 is 9.53 Å². The highest BCUT2D eigenvalue weighted by molar-refractivity contribution is 6.01. The van der Waals surface area contributed by atoms with Crippen LogP contribution in [0.1, 0.15) is 49.3 Å². The molecule has 2 aliphatic rings. The van der Waals surface area contributed by atoms with Crippen molar-refractivity contribution >= 4 is 17.5 Å². The minimum absolute atomic E-state index is 0.0217. The molecule has 0 radical (unpaired) electrons. The minimum atomic E-state index is -0.0217. The van der Waals surface area contributed by atoms with E-state index < -0.39 is 0 Å². The summed E-state index contributed by atoms with van der Waals surface area (Å²) < 4.78 is 5.69. The largest absolute Gasteiger partial charge is 0.463 e. The SMILES string of the molecule is CCCCOc1nc(N)c2c(n1)N(Cc1cccc(-c3ccccc3CN3CCCC3)c1)C(=O)C2. The van der Waals surface area contributed by atoms with E-state index in [4.69, 9.17) is 10.5 Å². The molecule has 1 amide bonds. The topological polar surface area (TPSA) is 84.6 Å². The molecule has 7 heteroatoms. The standard InChI is InChI=1S/C28H33N5O2/c1-2-3-15-35-28-30-26(29)24-17-25(34)33(27(24)31-28)18-20-9-8-11-21(16-20)23-12-5-4-10-22(23)19-32-13-6-7-14-32/h4-5,8-12,16H,2-3,6-7,13-15,17-19H2,1H3,(H2,29,30,31). The third-order valence-corrected chi connectivity index (χ3v) is 6.80. The summed E-state index contributed by atoms with van der Waals surface area (Å²) in [5.74, 6) is 0.863. The lowest BCUT2D eigenvalue weighted by Gasteiger charge is -2.19. The summed E-state index contributed by atoms with van der Waals surface area (Å²) in [7, 11) is 0. The fraction of sp³-hybridized carbons (Fsp3) is 0.393. The summed E-state index contributed by atoms with van der Waals surface area (Å²) in [5.41, 5.74) is 11.6. The van der Waals surface area contributed by atoms with E-state index in [9.17, 15) is 4.79 Å². The van der Waals surface area contributed by atoms with Crippen LogP contribution >= 0.6 is 0 Å². The van der Waals surface area contributed by atoms with Crippen molar-refractivity contribution in [3.8, 4) is 17.1 Å². The van der Waals surface area contributed by atoms with Crippen LogP contribution in [0.25, 0.3) is 11.1 Å². The molecule has 0 bridgehead atoms. The molecule has 0 aliphatic carbocycles. The summed E-state index contributed by atoms with van der Waals surface area (Å²) in [6, 6.07) is 17.3. The molecular weight excluding hydrogens is 438 g/mol. The van der Waals surface area contributed by atoms with Gasteiger partial charge in [-0.25, -0.2) is 0 Å². The zero-order chi connectivity index (χ0) is 24.2. The molecular formula is C28H33N5O2. The van der Waals surface area contributed by atoms with E-state index in [1.54, 1.807) is 4.90 Å². The molecule has 1 aromatic heterocycles. The number of hydrogen-bond acceptors (Lipinski definition) is 6. The van der Waals surface area contributed by atoms with Gasteiger partial charge in [0.15, 0.2) is 0 Å². The Hall–Kier alpha value is -3.45. The zero-order valence-corrected chi connectivity index (χ0v) is 20.4. The van der Waals surface area contributed by atoms with Gasteiger partial charge in [-0.3, -0.25) is 14.6 Å². The van der Waals surface area contributed by atoms with Gasteiger partial charge < -0.3 is 10.5 Å². The Bertz CT molecular complexity index is 1210. The lowest BCUT2D eigenvalue weighted by atomic mass is 9.97. The average Bonchev–Trinajstić information content (AvgIpc) is 3.48. The smallest absolute Gasteiger partial charge is 0.320 e. The normalized spacial score (nSPS) is 15.6. The number of likely N-dealkylation sites (tertiary alicyclic amines) is 1. The second-order valence-corrected chi connectivity index (χ2v) is 9.39. The molecule has 5 rings (SSSR count). The van der Waals surface area contributed by atoms with Gasteiger partial charge in [0.1, 0.15) is 11.6 Å². The van der Waals surface area contributed by atoms with Crippen LogP contribution in [0.4, 0.5) is 11.6 Å². The number of nitrogens with zero attached hydrogens (tertiary/aromatic N) is 4. The van der Waals surface area contributed by atoms with Gasteiger partial charge in [0, 0.05) is 12.1 Å². The van der Waals surface area contributed by atoms with E-state index in [1.165, 1.54) is 37.1 Å². The van der Waals surface area contributed by atoms with Crippen LogP contribution in [0.5, 0.6) is 6.01 Å². The Balaban J connectivity index is 1.39. The summed E-state index contributed by atoms with van der Waals surface area (Å²) in [4.78, 5) is 26.0. The molecule has 2 aliphatic heterocycles. The maximum absolute atomic E-state index is 12.9. The number of amides is 1. The Morgan fingerprint density at radius 2 is 1.86 bits per heavy atom. The number of carbonyl (C=O) groups excluding carboxylic acids is 1. The fourth-order valence-electron chi connectivity index (χ4n) is 4.90. The third-order valence-electron chi connectivity index (χ3n) is 6.80. The minimum Gasteiger partial charge on any atom is -0.463 e. The van der Waals surface area contributed by atoms with E-state index in [0.29, 0.717) is 30.4 Å². The number of ether oxygens (including phenoxy) is 1. The van der Waals surface area contributed by atoms with Crippen molar-refractivity contribution in [2.45, 2.75) is 52.1 Å². The number of hydrogen-bond donors (Lipinski definition) is 1. The molecule has 0 saturated carbocycles. The average molecular weight is 472 g/mol. The zero-order valence-electron chi connectivity index (χ0n) is 20.4. The number of rotatable bonds is 9. The van der Waals surface area contributed by atoms with Crippen LogP contribution in [0.2, 0.25) is 0 Å². The summed E-state index contributed by atoms with van der Waals surface area (Å²) in [6.45, 7) is 6.36. The first-order valence-corrected chi connectivity index (χ1v) is 12.6. The molecule has 0 unspecified atom stereocenters. The van der Waals surface area contributed by atoms with E-state index in [2.05, 4.69) is 70.3 Å². The number of benzene rings is 2. The number of nitrogens with two attached hydrogens (primary N) is 1. The Morgan fingerprint density at radius 3 is 2.69 bits per heavy atom. The summed E-state index contributed by atoms with van der Waals surface area (Å²) in [5, 5.41) is 0. The van der Waals surface area contributed by atoms with Crippen molar-refractivity contribution in [3.63, 3.8) is 0 Å². The first-order valence-electron chi connectivity index (χ1n) is 12.6. The van der Waals surface area contributed by atoms with Crippen LogP contribution in [-0.2, 0) is 24.3 Å². The number of anilines is 2. The van der Waals surface area contributed by atoms with Crippen LogP contribution in [0.15, 0.2) is 48.5 Å².